The van der Waals surface area contributed by atoms with Gasteiger partial charge in [0.25, 0.3) is 0 Å². The molecule has 0 fully saturated rings. The number of carbonyl (C=O) groups excluding carboxylic acids is 1. The Morgan fingerprint density at radius 3 is 1.60 bits per heavy atom. The smallest absolute Gasteiger partial charge is 0.301 e. The van der Waals surface area contributed by atoms with E-state index in [4.69, 9.17) is 23.9 Å². The van der Waals surface area contributed by atoms with Gasteiger partial charge < -0.3 is 4.89 Å². The lowest BCUT2D eigenvalue weighted by atomic mass is 10.9. The van der Waals surface area contributed by atoms with E-state index in [1.807, 2.05) is 0 Å². The predicted octanol–water partition coefficient (Wildman–Crippen LogP) is -4.10. The minimum absolute atomic E-state index is 0.690. The highest BCUT2D eigenvalue weighted by Crippen LogP contribution is 1.61. The number of hydrogen-bond acceptors (Lipinski definition) is 7. The van der Waals surface area contributed by atoms with Crippen molar-refractivity contribution in [1.29, 1.82) is 0 Å². The summed E-state index contributed by atoms with van der Waals surface area (Å²) in [6.45, 7) is 1.11. The van der Waals surface area contributed by atoms with E-state index in [2.05, 4.69) is 4.89 Å². The van der Waals surface area contributed by atoms with Crippen LogP contribution in [0, 0.1) is 10.2 Å². The summed E-state index contributed by atoms with van der Waals surface area (Å²) in [5.74, 6) is -0.690. The van der Waals surface area contributed by atoms with Crippen LogP contribution in [0.3, 0.4) is 0 Å². The molecule has 0 aromatic heterocycles. The summed E-state index contributed by atoms with van der Waals surface area (Å²) in [6.07, 6.45) is 0. The second-order valence-corrected chi connectivity index (χ2v) is 1.77. The molecule has 0 aliphatic rings. The van der Waals surface area contributed by atoms with Crippen LogP contribution in [0.2, 0.25) is 0 Å². The third-order valence-corrected chi connectivity index (χ3v) is 0.129. The van der Waals surface area contributed by atoms with E-state index in [0.29, 0.717) is 0 Å². The maximum atomic E-state index is 9.34. The highest BCUT2D eigenvalue weighted by molar-refractivity contribution is 5.64. The fourth-order valence-electron chi connectivity index (χ4n) is 0. The van der Waals surface area contributed by atoms with Gasteiger partial charge in [-0.3, -0.25) is 0 Å². The molecule has 0 aromatic carbocycles. The molecule has 0 bridgehead atoms. The molecule has 8 heteroatoms. The molecular formula is C2H5ClO7. The van der Waals surface area contributed by atoms with E-state index < -0.39 is 16.2 Å². The third kappa shape index (κ3) is 134. The van der Waals surface area contributed by atoms with Gasteiger partial charge in [-0.2, -0.15) is 19.2 Å². The van der Waals surface area contributed by atoms with Crippen LogP contribution in [-0.4, -0.2) is 15.9 Å². The summed E-state index contributed by atoms with van der Waals surface area (Å²) < 4.78 is 32.7. The molecule has 0 aliphatic carbocycles. The topological polar surface area (TPSA) is 136 Å². The van der Waals surface area contributed by atoms with Gasteiger partial charge in [0.15, 0.2) is 0 Å². The van der Waals surface area contributed by atoms with Crippen LogP contribution in [0.25, 0.3) is 0 Å². The lowest BCUT2D eigenvalue weighted by Crippen LogP contribution is -2.58. The monoisotopic (exact) mass is 176 g/mol. The Balaban J connectivity index is 0. The van der Waals surface area contributed by atoms with Gasteiger partial charge in [-0.25, -0.2) is 4.79 Å². The zero-order valence-corrected chi connectivity index (χ0v) is 5.57. The fraction of sp³-hybridized carbons (Fsp3) is 0.500. The van der Waals surface area contributed by atoms with Crippen LogP contribution >= 0.6 is 0 Å². The molecule has 0 saturated heterocycles. The average Bonchev–Trinajstić information content (AvgIpc) is 1.61. The van der Waals surface area contributed by atoms with Gasteiger partial charge in [-0.1, -0.05) is 0 Å². The van der Waals surface area contributed by atoms with Gasteiger partial charge in [0.1, 0.15) is 0 Å². The molecule has 0 heterocycles. The molecule has 0 aliphatic heterocycles. The first-order valence-corrected chi connectivity index (χ1v) is 2.99. The Bertz CT molecular complexity index is 88.3. The molecule has 7 nitrogen and oxygen atoms in total. The molecule has 0 amide bonds. The minimum Gasteiger partial charge on any atom is -0.301 e. The van der Waals surface area contributed by atoms with Gasteiger partial charge in [0.2, 0.25) is 0 Å². The Morgan fingerprint density at radius 1 is 1.50 bits per heavy atom. The zero-order valence-electron chi connectivity index (χ0n) is 4.81. The normalized spacial score (nSPS) is 9.40. The van der Waals surface area contributed by atoms with E-state index in [1.54, 1.807) is 0 Å². The lowest BCUT2D eigenvalue weighted by Gasteiger charge is -2.03. The fourth-order valence-corrected chi connectivity index (χ4v) is 0. The van der Waals surface area contributed by atoms with Crippen LogP contribution < -0.4 is 14.0 Å². The molecule has 0 unspecified atom stereocenters. The van der Waals surface area contributed by atoms with Crippen LogP contribution in [0.5, 0.6) is 0 Å². The van der Waals surface area contributed by atoms with Crippen molar-refractivity contribution in [2.75, 3.05) is 0 Å². The molecule has 0 saturated carbocycles. The molecule has 62 valence electrons. The van der Waals surface area contributed by atoms with Gasteiger partial charge in [0.05, 0.1) is 14.9 Å². The standard InChI is InChI=1S/C2H4O3.ClHO4/c1-2(3)5-4;2-1(3,4)5/h4H,1H3;(H,2,3,4,5). The Hall–Kier alpha value is -0.440. The first kappa shape index (κ1) is 12.3. The largest absolute Gasteiger partial charge is 0.339 e. The van der Waals surface area contributed by atoms with Crippen molar-refractivity contribution >= 4 is 5.97 Å². The Morgan fingerprint density at radius 2 is 1.60 bits per heavy atom. The predicted molar refractivity (Wildman–Crippen MR) is 16.6 cm³/mol. The van der Waals surface area contributed by atoms with Crippen LogP contribution in [-0.2, 0) is 9.68 Å². The molecule has 0 rings (SSSR count). The van der Waals surface area contributed by atoms with Gasteiger partial charge in [-0.05, 0) is 0 Å². The summed E-state index contributed by atoms with van der Waals surface area (Å²) in [4.78, 5) is 12.5. The molecule has 0 spiro atoms. The molecule has 2 N–H and O–H groups in total. The SMILES string of the molecule is CC(=O)OO.[O-][Cl+3]([O-])([O-])O. The quantitative estimate of drug-likeness (QED) is 0.283. The van der Waals surface area contributed by atoms with Crippen molar-refractivity contribution in [1.82, 2.24) is 0 Å². The highest BCUT2D eigenvalue weighted by Gasteiger charge is 1.98. The molecule has 0 radical (unpaired) electrons. The van der Waals surface area contributed by atoms with E-state index in [0.717, 1.165) is 6.92 Å². The minimum atomic E-state index is -4.69. The molecule has 10 heavy (non-hydrogen) atoms. The van der Waals surface area contributed by atoms with Crippen molar-refractivity contribution in [2.24, 2.45) is 0 Å². The summed E-state index contributed by atoms with van der Waals surface area (Å²) >= 11 is 0. The van der Waals surface area contributed by atoms with Crippen molar-refractivity contribution in [2.45, 2.75) is 6.92 Å². The van der Waals surface area contributed by atoms with Crippen LogP contribution in [0.4, 0.5) is 0 Å². The van der Waals surface area contributed by atoms with Gasteiger partial charge in [0, 0.05) is 6.92 Å². The maximum absolute atomic E-state index is 9.34. The van der Waals surface area contributed by atoms with Crippen molar-refractivity contribution in [3.05, 3.63) is 0 Å². The van der Waals surface area contributed by atoms with E-state index >= 15 is 0 Å². The number of rotatable bonds is 0. The van der Waals surface area contributed by atoms with E-state index in [-0.39, 0.29) is 0 Å². The van der Waals surface area contributed by atoms with Crippen molar-refractivity contribution in [3.8, 4) is 0 Å². The average molecular weight is 177 g/mol. The number of hydrogen-bond donors (Lipinski definition) is 2. The Kier molecular flexibility index (Phi) is 6.56. The van der Waals surface area contributed by atoms with E-state index in [9.17, 15) is 4.79 Å². The van der Waals surface area contributed by atoms with Crippen molar-refractivity contribution in [3.63, 3.8) is 0 Å². The van der Waals surface area contributed by atoms with Gasteiger partial charge >= 0.3 is 5.97 Å². The zero-order chi connectivity index (χ0) is 8.78. The molecular weight excluding hydrogens is 171 g/mol. The highest BCUT2D eigenvalue weighted by atomic mass is 35.7. The Labute approximate surface area is 57.7 Å². The summed E-state index contributed by atoms with van der Waals surface area (Å²) in [5.41, 5.74) is 0. The summed E-state index contributed by atoms with van der Waals surface area (Å²) in [5, 5.41) is 7.29. The van der Waals surface area contributed by atoms with Crippen LogP contribution in [0.1, 0.15) is 6.92 Å². The second kappa shape index (κ2) is 5.35. The molecule has 0 aromatic rings. The van der Waals surface area contributed by atoms with Crippen molar-refractivity contribution < 1.29 is 43.8 Å². The maximum Gasteiger partial charge on any atom is 0.339 e. The summed E-state index contributed by atoms with van der Waals surface area (Å²) in [7, 11) is -4.69. The lowest BCUT2D eigenvalue weighted by molar-refractivity contribution is -1.92. The number of carbonyl (C=O) groups is 1. The summed E-state index contributed by atoms with van der Waals surface area (Å²) in [6, 6.07) is 0. The second-order valence-electron chi connectivity index (χ2n) is 0.979. The third-order valence-electron chi connectivity index (χ3n) is 0.129. The van der Waals surface area contributed by atoms with Gasteiger partial charge in [-0.15, -0.1) is 0 Å². The van der Waals surface area contributed by atoms with E-state index in [1.165, 1.54) is 0 Å². The first-order valence-electron chi connectivity index (χ1n) is 1.72. The number of halogens is 1. The van der Waals surface area contributed by atoms with Crippen LogP contribution in [0.15, 0.2) is 0 Å². The molecule has 0 atom stereocenters. The first-order chi connectivity index (χ1) is 4.27.